The van der Waals surface area contributed by atoms with Gasteiger partial charge in [0.15, 0.2) is 0 Å². The Labute approximate surface area is 73.1 Å². The number of carbonyl (C=O) groups excluding carboxylic acids is 1. The molecule has 2 heterocycles. The molecule has 0 spiro atoms. The SMILES string of the molecule is CCC(=O)N[C@@H]1CN2CC[C@H]1C2. The van der Waals surface area contributed by atoms with E-state index in [1.54, 1.807) is 0 Å². The predicted octanol–water partition coefficient (Wildman–Crippen LogP) is 0.217. The van der Waals surface area contributed by atoms with Gasteiger partial charge in [-0.15, -0.1) is 0 Å². The van der Waals surface area contributed by atoms with E-state index in [9.17, 15) is 4.79 Å². The Balaban J connectivity index is 1.86. The molecule has 2 bridgehead atoms. The first-order chi connectivity index (χ1) is 5.79. The number of amides is 1. The molecule has 3 atom stereocenters. The second kappa shape index (κ2) is 3.05. The van der Waals surface area contributed by atoms with Crippen molar-refractivity contribution in [2.75, 3.05) is 19.6 Å². The van der Waals surface area contributed by atoms with Crippen molar-refractivity contribution in [3.63, 3.8) is 0 Å². The van der Waals surface area contributed by atoms with Crippen molar-refractivity contribution in [1.82, 2.24) is 10.2 Å². The standard InChI is InChI=1S/C9H16N2O/c1-2-9(12)10-8-6-11-4-3-7(8)5-11/h7-8H,2-6H2,1H3,(H,10,12)/t7-,8+/m0/s1. The molecule has 1 amide bonds. The van der Waals surface area contributed by atoms with E-state index in [1.165, 1.54) is 19.5 Å². The lowest BCUT2D eigenvalue weighted by Crippen LogP contribution is -2.42. The zero-order valence-corrected chi connectivity index (χ0v) is 7.55. The number of rotatable bonds is 2. The van der Waals surface area contributed by atoms with Crippen LogP contribution in [0.5, 0.6) is 0 Å². The minimum atomic E-state index is 0.203. The summed E-state index contributed by atoms with van der Waals surface area (Å²) in [7, 11) is 0. The van der Waals surface area contributed by atoms with E-state index in [1.807, 2.05) is 6.92 Å². The van der Waals surface area contributed by atoms with Crippen LogP contribution in [0.15, 0.2) is 0 Å². The molecule has 1 unspecified atom stereocenters. The molecule has 3 nitrogen and oxygen atoms in total. The Morgan fingerprint density at radius 1 is 1.58 bits per heavy atom. The van der Waals surface area contributed by atoms with Crippen LogP contribution in [-0.2, 0) is 4.79 Å². The molecule has 1 N–H and O–H groups in total. The molecule has 0 aliphatic carbocycles. The van der Waals surface area contributed by atoms with Crippen molar-refractivity contribution in [3.8, 4) is 0 Å². The second-order valence-electron chi connectivity index (χ2n) is 3.84. The zero-order chi connectivity index (χ0) is 8.55. The van der Waals surface area contributed by atoms with Gasteiger partial charge >= 0.3 is 0 Å². The maximum atomic E-state index is 11.1. The van der Waals surface area contributed by atoms with Crippen molar-refractivity contribution in [2.45, 2.75) is 25.8 Å². The highest BCUT2D eigenvalue weighted by Crippen LogP contribution is 2.27. The van der Waals surface area contributed by atoms with E-state index in [4.69, 9.17) is 0 Å². The smallest absolute Gasteiger partial charge is 0.219 e. The molecule has 2 saturated heterocycles. The quantitative estimate of drug-likeness (QED) is 0.639. The molecular weight excluding hydrogens is 152 g/mol. The molecule has 0 aromatic heterocycles. The van der Waals surface area contributed by atoms with Crippen LogP contribution >= 0.6 is 0 Å². The number of carbonyl (C=O) groups is 1. The van der Waals surface area contributed by atoms with Crippen molar-refractivity contribution < 1.29 is 4.79 Å². The van der Waals surface area contributed by atoms with Gasteiger partial charge in [-0.1, -0.05) is 6.92 Å². The van der Waals surface area contributed by atoms with E-state index in [2.05, 4.69) is 10.2 Å². The lowest BCUT2D eigenvalue weighted by atomic mass is 10.00. The third-order valence-corrected chi connectivity index (χ3v) is 3.00. The summed E-state index contributed by atoms with van der Waals surface area (Å²) in [6.07, 6.45) is 1.89. The maximum absolute atomic E-state index is 11.1. The first kappa shape index (κ1) is 8.05. The fraction of sp³-hybridized carbons (Fsp3) is 0.889. The minimum absolute atomic E-state index is 0.203. The predicted molar refractivity (Wildman–Crippen MR) is 46.8 cm³/mol. The molecule has 3 heteroatoms. The van der Waals surface area contributed by atoms with Gasteiger partial charge in [-0.05, 0) is 18.9 Å². The summed E-state index contributed by atoms with van der Waals surface area (Å²) in [6, 6.07) is 0.450. The normalized spacial score (nSPS) is 38.6. The molecular formula is C9H16N2O. The van der Waals surface area contributed by atoms with Gasteiger partial charge in [-0.3, -0.25) is 4.79 Å². The molecule has 0 aromatic rings. The van der Waals surface area contributed by atoms with Crippen molar-refractivity contribution in [2.24, 2.45) is 5.92 Å². The first-order valence-electron chi connectivity index (χ1n) is 4.81. The van der Waals surface area contributed by atoms with Gasteiger partial charge in [0, 0.05) is 25.6 Å². The average Bonchev–Trinajstić information content (AvgIpc) is 2.64. The van der Waals surface area contributed by atoms with Crippen LogP contribution < -0.4 is 5.32 Å². The molecule has 68 valence electrons. The Morgan fingerprint density at radius 2 is 2.42 bits per heavy atom. The van der Waals surface area contributed by atoms with Gasteiger partial charge in [-0.25, -0.2) is 0 Å². The number of fused-ring (bicyclic) bond motifs is 2. The number of hydrogen-bond donors (Lipinski definition) is 1. The van der Waals surface area contributed by atoms with Crippen molar-refractivity contribution in [3.05, 3.63) is 0 Å². The van der Waals surface area contributed by atoms with E-state index >= 15 is 0 Å². The molecule has 2 aliphatic rings. The van der Waals surface area contributed by atoms with Crippen LogP contribution in [0, 0.1) is 5.92 Å². The summed E-state index contributed by atoms with van der Waals surface area (Å²) < 4.78 is 0. The molecule has 2 rings (SSSR count). The van der Waals surface area contributed by atoms with Gasteiger partial charge in [0.05, 0.1) is 0 Å². The Hall–Kier alpha value is -0.570. The molecule has 0 radical (unpaired) electrons. The molecule has 0 aromatic carbocycles. The largest absolute Gasteiger partial charge is 0.352 e. The Bertz CT molecular complexity index is 193. The van der Waals surface area contributed by atoms with Crippen LogP contribution in [-0.4, -0.2) is 36.5 Å². The minimum Gasteiger partial charge on any atom is -0.352 e. The van der Waals surface area contributed by atoms with Crippen LogP contribution in [0.4, 0.5) is 0 Å². The fourth-order valence-corrected chi connectivity index (χ4v) is 2.26. The van der Waals surface area contributed by atoms with Crippen LogP contribution in [0.1, 0.15) is 19.8 Å². The van der Waals surface area contributed by atoms with Gasteiger partial charge in [0.25, 0.3) is 0 Å². The molecule has 0 saturated carbocycles. The van der Waals surface area contributed by atoms with Gasteiger partial charge < -0.3 is 10.2 Å². The third-order valence-electron chi connectivity index (χ3n) is 3.00. The molecule has 12 heavy (non-hydrogen) atoms. The van der Waals surface area contributed by atoms with Crippen LogP contribution in [0.3, 0.4) is 0 Å². The Kier molecular flexibility index (Phi) is 2.05. The number of nitrogens with one attached hydrogen (secondary N) is 1. The van der Waals surface area contributed by atoms with E-state index in [0.29, 0.717) is 12.5 Å². The summed E-state index contributed by atoms with van der Waals surface area (Å²) in [5.41, 5.74) is 0. The van der Waals surface area contributed by atoms with E-state index in [-0.39, 0.29) is 5.91 Å². The summed E-state index contributed by atoms with van der Waals surface area (Å²) in [5, 5.41) is 3.08. The van der Waals surface area contributed by atoms with Gasteiger partial charge in [0.2, 0.25) is 5.91 Å². The maximum Gasteiger partial charge on any atom is 0.219 e. The Morgan fingerprint density at radius 3 is 2.92 bits per heavy atom. The van der Waals surface area contributed by atoms with E-state index in [0.717, 1.165) is 12.5 Å². The first-order valence-corrected chi connectivity index (χ1v) is 4.81. The highest BCUT2D eigenvalue weighted by Gasteiger charge is 2.38. The fourth-order valence-electron chi connectivity index (χ4n) is 2.26. The lowest BCUT2D eigenvalue weighted by Gasteiger charge is -2.22. The summed E-state index contributed by atoms with van der Waals surface area (Å²) in [6.45, 7) is 5.43. The van der Waals surface area contributed by atoms with Crippen molar-refractivity contribution in [1.29, 1.82) is 0 Å². The highest BCUT2D eigenvalue weighted by molar-refractivity contribution is 5.75. The molecule has 2 fully saturated rings. The summed E-state index contributed by atoms with van der Waals surface area (Å²) in [4.78, 5) is 13.6. The van der Waals surface area contributed by atoms with Crippen LogP contribution in [0.2, 0.25) is 0 Å². The van der Waals surface area contributed by atoms with Gasteiger partial charge in [0.1, 0.15) is 0 Å². The van der Waals surface area contributed by atoms with Crippen LogP contribution in [0.25, 0.3) is 0 Å². The lowest BCUT2D eigenvalue weighted by molar-refractivity contribution is -0.121. The number of hydrogen-bond acceptors (Lipinski definition) is 2. The number of nitrogens with zero attached hydrogens (tertiary/aromatic N) is 1. The third kappa shape index (κ3) is 1.33. The topological polar surface area (TPSA) is 32.3 Å². The monoisotopic (exact) mass is 168 g/mol. The average molecular weight is 168 g/mol. The van der Waals surface area contributed by atoms with Gasteiger partial charge in [-0.2, -0.15) is 0 Å². The molecule has 2 aliphatic heterocycles. The van der Waals surface area contributed by atoms with E-state index < -0.39 is 0 Å². The highest BCUT2D eigenvalue weighted by atomic mass is 16.1. The van der Waals surface area contributed by atoms with Crippen molar-refractivity contribution >= 4 is 5.91 Å². The summed E-state index contributed by atoms with van der Waals surface area (Å²) >= 11 is 0. The summed E-state index contributed by atoms with van der Waals surface area (Å²) in [5.74, 6) is 0.939. The number of piperidine rings is 1. The zero-order valence-electron chi connectivity index (χ0n) is 7.55. The second-order valence-corrected chi connectivity index (χ2v) is 3.84.